The number of rotatable bonds is 7. The van der Waals surface area contributed by atoms with E-state index in [0.29, 0.717) is 5.69 Å². The van der Waals surface area contributed by atoms with Gasteiger partial charge in [0.2, 0.25) is 0 Å². The van der Waals surface area contributed by atoms with Crippen LogP contribution in [0.15, 0.2) is 83.9 Å². The number of hydrogen-bond donors (Lipinski definition) is 1. The first kappa shape index (κ1) is 19.9. The number of anilines is 1. The fourth-order valence-corrected chi connectivity index (χ4v) is 3.60. The average molecular weight is 413 g/mol. The summed E-state index contributed by atoms with van der Waals surface area (Å²) in [5.74, 6) is -0.979. The van der Waals surface area contributed by atoms with Crippen molar-refractivity contribution >= 4 is 40.9 Å². The second-order valence-electron chi connectivity index (χ2n) is 5.72. The van der Waals surface area contributed by atoms with E-state index in [4.69, 9.17) is 16.3 Å². The molecule has 1 amide bonds. The Labute approximate surface area is 172 Å². The lowest BCUT2D eigenvalue weighted by Gasteiger charge is -2.16. The number of aromatic nitrogens is 1. The van der Waals surface area contributed by atoms with E-state index < -0.39 is 23.7 Å². The van der Waals surface area contributed by atoms with Crippen molar-refractivity contribution in [2.24, 2.45) is 0 Å². The minimum absolute atomic E-state index is 0.170. The molecule has 2 aromatic carbocycles. The van der Waals surface area contributed by atoms with Crippen LogP contribution in [0.5, 0.6) is 0 Å². The number of hydrogen-bond acceptors (Lipinski definition) is 5. The Balaban J connectivity index is 1.66. The zero-order chi connectivity index (χ0) is 19.8. The van der Waals surface area contributed by atoms with Crippen molar-refractivity contribution in [2.75, 3.05) is 11.9 Å². The Kier molecular flexibility index (Phi) is 7.06. The minimum atomic E-state index is -0.585. The molecular weight excluding hydrogens is 396 g/mol. The van der Waals surface area contributed by atoms with Gasteiger partial charge in [0, 0.05) is 11.1 Å². The molecule has 0 unspecified atom stereocenters. The maximum Gasteiger partial charge on any atom is 0.324 e. The van der Waals surface area contributed by atoms with Gasteiger partial charge in [-0.1, -0.05) is 60.1 Å². The Morgan fingerprint density at radius 1 is 1.00 bits per heavy atom. The number of thioether (sulfide) groups is 1. The Morgan fingerprint density at radius 3 is 2.36 bits per heavy atom. The number of nitrogens with zero attached hydrogens (tertiary/aromatic N) is 1. The molecule has 3 rings (SSSR count). The molecule has 7 heteroatoms. The highest BCUT2D eigenvalue weighted by Crippen LogP contribution is 2.36. The molecule has 5 nitrogen and oxygen atoms in total. The predicted molar refractivity (Wildman–Crippen MR) is 110 cm³/mol. The molecule has 0 fully saturated rings. The summed E-state index contributed by atoms with van der Waals surface area (Å²) < 4.78 is 5.27. The fraction of sp³-hybridized carbons (Fsp3) is 0.0952. The molecule has 0 radical (unpaired) electrons. The first-order valence-electron chi connectivity index (χ1n) is 8.47. The van der Waals surface area contributed by atoms with E-state index in [2.05, 4.69) is 10.3 Å². The van der Waals surface area contributed by atoms with E-state index in [0.717, 1.165) is 10.5 Å². The quantitative estimate of drug-likeness (QED) is 0.344. The molecule has 0 saturated carbocycles. The molecule has 0 aliphatic rings. The molecule has 0 bridgehead atoms. The van der Waals surface area contributed by atoms with Crippen LogP contribution in [0.1, 0.15) is 10.8 Å². The third kappa shape index (κ3) is 5.58. The van der Waals surface area contributed by atoms with Gasteiger partial charge in [0.1, 0.15) is 5.25 Å². The van der Waals surface area contributed by atoms with Gasteiger partial charge in [-0.15, -0.1) is 11.8 Å². The van der Waals surface area contributed by atoms with Crippen molar-refractivity contribution in [3.05, 3.63) is 89.7 Å². The Morgan fingerprint density at radius 2 is 1.68 bits per heavy atom. The molecule has 0 aliphatic carbocycles. The zero-order valence-corrected chi connectivity index (χ0v) is 16.3. The smallest absolute Gasteiger partial charge is 0.324 e. The molecule has 0 spiro atoms. The van der Waals surface area contributed by atoms with Gasteiger partial charge in [-0.05, 0) is 29.8 Å². The highest BCUT2D eigenvalue weighted by Gasteiger charge is 2.24. The van der Waals surface area contributed by atoms with Gasteiger partial charge < -0.3 is 10.1 Å². The lowest BCUT2D eigenvalue weighted by Crippen LogP contribution is -2.23. The zero-order valence-electron chi connectivity index (χ0n) is 14.7. The number of benzene rings is 2. The van der Waals surface area contributed by atoms with E-state index >= 15 is 0 Å². The van der Waals surface area contributed by atoms with Crippen LogP contribution in [0.2, 0.25) is 5.15 Å². The molecule has 142 valence electrons. The molecular formula is C21H17ClN2O3S. The first-order valence-corrected chi connectivity index (χ1v) is 9.73. The summed E-state index contributed by atoms with van der Waals surface area (Å²) in [6.07, 6.45) is 1.52. The van der Waals surface area contributed by atoms with Gasteiger partial charge in [0.25, 0.3) is 5.91 Å². The first-order chi connectivity index (χ1) is 13.6. The summed E-state index contributed by atoms with van der Waals surface area (Å²) >= 11 is 7.29. The number of ether oxygens (including phenoxy) is 1. The molecule has 0 saturated heterocycles. The molecule has 1 atom stereocenters. The van der Waals surface area contributed by atoms with E-state index in [1.165, 1.54) is 18.0 Å². The summed E-state index contributed by atoms with van der Waals surface area (Å²) in [4.78, 5) is 29.6. The van der Waals surface area contributed by atoms with Crippen LogP contribution < -0.4 is 5.32 Å². The van der Waals surface area contributed by atoms with Crippen LogP contribution in [0.4, 0.5) is 5.69 Å². The SMILES string of the molecule is O=C(COC(=O)[C@@H](Sc1ccccc1)c1ccccc1)Nc1cccnc1Cl. The topological polar surface area (TPSA) is 68.3 Å². The van der Waals surface area contributed by atoms with Crippen LogP contribution in [-0.2, 0) is 14.3 Å². The Hall–Kier alpha value is -2.83. The lowest BCUT2D eigenvalue weighted by molar-refractivity contribution is -0.146. The number of amides is 1. The second-order valence-corrected chi connectivity index (χ2v) is 7.26. The summed E-state index contributed by atoms with van der Waals surface area (Å²) in [5.41, 5.74) is 1.17. The van der Waals surface area contributed by atoms with Crippen molar-refractivity contribution < 1.29 is 14.3 Å². The summed E-state index contributed by atoms with van der Waals surface area (Å²) in [5, 5.41) is 2.16. The molecule has 1 N–H and O–H groups in total. The van der Waals surface area contributed by atoms with Crippen LogP contribution in [-0.4, -0.2) is 23.5 Å². The van der Waals surface area contributed by atoms with Gasteiger partial charge in [0.15, 0.2) is 11.8 Å². The van der Waals surface area contributed by atoms with Gasteiger partial charge in [-0.25, -0.2) is 4.98 Å². The van der Waals surface area contributed by atoms with Crippen LogP contribution in [0, 0.1) is 0 Å². The highest BCUT2D eigenvalue weighted by molar-refractivity contribution is 8.00. The molecule has 0 aliphatic heterocycles. The summed E-state index contributed by atoms with van der Waals surface area (Å²) in [6, 6.07) is 22.1. The molecule has 1 aromatic heterocycles. The van der Waals surface area contributed by atoms with Gasteiger partial charge in [-0.2, -0.15) is 0 Å². The number of carbonyl (C=O) groups is 2. The van der Waals surface area contributed by atoms with Crippen molar-refractivity contribution in [1.82, 2.24) is 4.98 Å². The lowest BCUT2D eigenvalue weighted by atomic mass is 10.1. The monoisotopic (exact) mass is 412 g/mol. The average Bonchev–Trinajstić information content (AvgIpc) is 2.73. The van der Waals surface area contributed by atoms with E-state index in [1.54, 1.807) is 12.1 Å². The van der Waals surface area contributed by atoms with Crippen molar-refractivity contribution in [3.63, 3.8) is 0 Å². The number of esters is 1. The fourth-order valence-electron chi connectivity index (χ4n) is 2.39. The molecule has 3 aromatic rings. The number of halogens is 1. The number of carbonyl (C=O) groups excluding carboxylic acids is 2. The van der Waals surface area contributed by atoms with E-state index in [9.17, 15) is 9.59 Å². The minimum Gasteiger partial charge on any atom is -0.454 e. The largest absolute Gasteiger partial charge is 0.454 e. The van der Waals surface area contributed by atoms with Crippen molar-refractivity contribution in [1.29, 1.82) is 0 Å². The van der Waals surface area contributed by atoms with E-state index in [-0.39, 0.29) is 5.15 Å². The van der Waals surface area contributed by atoms with Crippen molar-refractivity contribution in [2.45, 2.75) is 10.1 Å². The highest BCUT2D eigenvalue weighted by atomic mass is 35.5. The Bertz CT molecular complexity index is 939. The summed E-state index contributed by atoms with van der Waals surface area (Å²) in [7, 11) is 0. The maximum atomic E-state index is 12.7. The van der Waals surface area contributed by atoms with Gasteiger partial charge in [0.05, 0.1) is 5.69 Å². The maximum absolute atomic E-state index is 12.7. The molecule has 28 heavy (non-hydrogen) atoms. The molecule has 1 heterocycles. The second kappa shape index (κ2) is 9.92. The standard InChI is InChI=1S/C21H17ClN2O3S/c22-20-17(12-7-13-23-20)24-18(25)14-27-21(26)19(15-8-3-1-4-9-15)28-16-10-5-2-6-11-16/h1-13,19H,14H2,(H,24,25)/t19-/m0/s1. The number of pyridine rings is 1. The normalized spacial score (nSPS) is 11.5. The van der Waals surface area contributed by atoms with E-state index in [1.807, 2.05) is 60.7 Å². The van der Waals surface area contributed by atoms with Crippen LogP contribution in [0.3, 0.4) is 0 Å². The number of nitrogens with one attached hydrogen (secondary N) is 1. The predicted octanol–water partition coefficient (Wildman–Crippen LogP) is 4.75. The van der Waals surface area contributed by atoms with Gasteiger partial charge >= 0.3 is 5.97 Å². The third-order valence-corrected chi connectivity index (χ3v) is 5.24. The third-order valence-electron chi connectivity index (χ3n) is 3.69. The van der Waals surface area contributed by atoms with Crippen molar-refractivity contribution in [3.8, 4) is 0 Å². The van der Waals surface area contributed by atoms with Crippen LogP contribution in [0.25, 0.3) is 0 Å². The van der Waals surface area contributed by atoms with Gasteiger partial charge in [-0.3, -0.25) is 9.59 Å². The summed E-state index contributed by atoms with van der Waals surface area (Å²) in [6.45, 7) is -0.414. The van der Waals surface area contributed by atoms with Crippen LogP contribution >= 0.6 is 23.4 Å².